The molecule has 1 saturated carbocycles. The number of piperazine rings is 1. The maximum Gasteiger partial charge on any atom is 0.147 e. The molecule has 0 atom stereocenters. The van der Waals surface area contributed by atoms with E-state index in [4.69, 9.17) is 10.7 Å². The Morgan fingerprint density at radius 3 is 2.52 bits per heavy atom. The summed E-state index contributed by atoms with van der Waals surface area (Å²) in [5.74, 6) is 1.67. The van der Waals surface area contributed by atoms with E-state index in [1.165, 1.54) is 18.4 Å². The third-order valence-corrected chi connectivity index (χ3v) is 6.29. The van der Waals surface area contributed by atoms with Crippen LogP contribution in [0.25, 0.3) is 22.2 Å². The molecule has 6 heteroatoms. The van der Waals surface area contributed by atoms with Gasteiger partial charge in [0, 0.05) is 38.6 Å². The summed E-state index contributed by atoms with van der Waals surface area (Å²) in [5.41, 5.74) is 12.2. The van der Waals surface area contributed by atoms with Gasteiger partial charge in [-0.2, -0.15) is 0 Å². The SMILES string of the molecule is NC1=Nc2cc(-c3ccc4ncc(N5CCN(C6CC6)CC5)nc4c3)ccc2C1. The van der Waals surface area contributed by atoms with Gasteiger partial charge >= 0.3 is 0 Å². The Kier molecular flexibility index (Phi) is 3.81. The van der Waals surface area contributed by atoms with Crippen LogP contribution >= 0.6 is 0 Å². The minimum atomic E-state index is 0.688. The van der Waals surface area contributed by atoms with Crippen molar-refractivity contribution in [2.24, 2.45) is 10.7 Å². The van der Waals surface area contributed by atoms with Crippen LogP contribution in [-0.2, 0) is 6.42 Å². The van der Waals surface area contributed by atoms with Gasteiger partial charge in [0.15, 0.2) is 0 Å². The molecule has 3 aromatic rings. The molecule has 2 aliphatic heterocycles. The summed E-state index contributed by atoms with van der Waals surface area (Å²) in [6.07, 6.45) is 5.41. The molecule has 6 rings (SSSR count). The average molecular weight is 384 g/mol. The summed E-state index contributed by atoms with van der Waals surface area (Å²) in [6, 6.07) is 13.5. The molecule has 3 aliphatic rings. The summed E-state index contributed by atoms with van der Waals surface area (Å²) >= 11 is 0. The van der Waals surface area contributed by atoms with Gasteiger partial charge in [0.2, 0.25) is 0 Å². The van der Waals surface area contributed by atoms with Gasteiger partial charge in [0.05, 0.1) is 22.9 Å². The van der Waals surface area contributed by atoms with Crippen molar-refractivity contribution in [3.05, 3.63) is 48.2 Å². The fourth-order valence-corrected chi connectivity index (χ4v) is 4.48. The Morgan fingerprint density at radius 1 is 0.897 bits per heavy atom. The minimum absolute atomic E-state index is 0.688. The lowest BCUT2D eigenvalue weighted by Crippen LogP contribution is -2.47. The first-order chi connectivity index (χ1) is 14.2. The predicted molar refractivity (Wildman–Crippen MR) is 117 cm³/mol. The van der Waals surface area contributed by atoms with Crippen LogP contribution in [-0.4, -0.2) is 52.9 Å². The van der Waals surface area contributed by atoms with Crippen molar-refractivity contribution < 1.29 is 0 Å². The van der Waals surface area contributed by atoms with Gasteiger partial charge in [0.1, 0.15) is 11.7 Å². The van der Waals surface area contributed by atoms with Gasteiger partial charge < -0.3 is 10.6 Å². The van der Waals surface area contributed by atoms with E-state index in [1.54, 1.807) is 0 Å². The molecule has 1 saturated heterocycles. The summed E-state index contributed by atoms with van der Waals surface area (Å²) in [4.78, 5) is 19.1. The number of amidine groups is 1. The number of aromatic nitrogens is 2. The topological polar surface area (TPSA) is 70.6 Å². The second-order valence-corrected chi connectivity index (χ2v) is 8.31. The second-order valence-electron chi connectivity index (χ2n) is 8.31. The fraction of sp³-hybridized carbons (Fsp3) is 0.348. The standard InChI is InChI=1S/C23H24N6/c24-22-13-17-2-1-15(11-20(17)26-22)16-3-6-19-21(12-16)27-23(14-25-19)29-9-7-28(8-10-29)18-4-5-18/h1-3,6,11-12,14,18H,4-5,7-10,13H2,(H2,24,26). The zero-order valence-electron chi connectivity index (χ0n) is 16.4. The van der Waals surface area contributed by atoms with Crippen LogP contribution in [0.3, 0.4) is 0 Å². The van der Waals surface area contributed by atoms with E-state index in [1.807, 2.05) is 6.20 Å². The maximum atomic E-state index is 5.89. The number of aliphatic imine (C=N–C) groups is 1. The first-order valence-electron chi connectivity index (χ1n) is 10.4. The molecule has 1 aromatic heterocycles. The van der Waals surface area contributed by atoms with Crippen LogP contribution < -0.4 is 10.6 Å². The fourth-order valence-electron chi connectivity index (χ4n) is 4.48. The largest absolute Gasteiger partial charge is 0.387 e. The van der Waals surface area contributed by atoms with Gasteiger partial charge in [-0.05, 0) is 47.7 Å². The molecule has 0 radical (unpaired) electrons. The highest BCUT2D eigenvalue weighted by atomic mass is 15.3. The number of benzene rings is 2. The molecule has 2 fully saturated rings. The van der Waals surface area contributed by atoms with Crippen molar-refractivity contribution in [3.8, 4) is 11.1 Å². The second kappa shape index (κ2) is 6.52. The van der Waals surface area contributed by atoms with E-state index < -0.39 is 0 Å². The highest BCUT2D eigenvalue weighted by Crippen LogP contribution is 2.32. The van der Waals surface area contributed by atoms with Crippen molar-refractivity contribution in [1.29, 1.82) is 0 Å². The minimum Gasteiger partial charge on any atom is -0.387 e. The zero-order valence-corrected chi connectivity index (χ0v) is 16.4. The third kappa shape index (κ3) is 3.13. The van der Waals surface area contributed by atoms with Gasteiger partial charge in [-0.3, -0.25) is 9.88 Å². The molecule has 2 N–H and O–H groups in total. The first-order valence-corrected chi connectivity index (χ1v) is 10.4. The van der Waals surface area contributed by atoms with Crippen molar-refractivity contribution >= 4 is 28.4 Å². The number of nitrogens with two attached hydrogens (primary N) is 1. The highest BCUT2D eigenvalue weighted by molar-refractivity contribution is 5.92. The molecule has 0 amide bonds. The molecule has 3 heterocycles. The number of anilines is 1. The molecule has 0 spiro atoms. The molecule has 2 aromatic carbocycles. The average Bonchev–Trinajstić information content (AvgIpc) is 3.53. The van der Waals surface area contributed by atoms with E-state index in [0.717, 1.165) is 72.3 Å². The monoisotopic (exact) mass is 384 g/mol. The number of hydrogen-bond donors (Lipinski definition) is 1. The van der Waals surface area contributed by atoms with Crippen LogP contribution in [0.2, 0.25) is 0 Å². The van der Waals surface area contributed by atoms with Crippen LogP contribution in [0.1, 0.15) is 18.4 Å². The summed E-state index contributed by atoms with van der Waals surface area (Å²) in [6.45, 7) is 4.31. The first kappa shape index (κ1) is 16.9. The molecular weight excluding hydrogens is 360 g/mol. The van der Waals surface area contributed by atoms with E-state index in [9.17, 15) is 0 Å². The zero-order chi connectivity index (χ0) is 19.4. The van der Waals surface area contributed by atoms with Crippen LogP contribution in [0.4, 0.5) is 11.5 Å². The van der Waals surface area contributed by atoms with Crippen molar-refractivity contribution in [1.82, 2.24) is 14.9 Å². The Morgan fingerprint density at radius 2 is 1.69 bits per heavy atom. The van der Waals surface area contributed by atoms with Gasteiger partial charge in [-0.1, -0.05) is 18.2 Å². The number of fused-ring (bicyclic) bond motifs is 2. The van der Waals surface area contributed by atoms with E-state index in [2.05, 4.69) is 56.2 Å². The van der Waals surface area contributed by atoms with Crippen LogP contribution in [0, 0.1) is 0 Å². The molecular formula is C23H24N6. The van der Waals surface area contributed by atoms with E-state index >= 15 is 0 Å². The lowest BCUT2D eigenvalue weighted by atomic mass is 10.0. The Labute approximate surface area is 170 Å². The molecule has 0 bridgehead atoms. The lowest BCUT2D eigenvalue weighted by molar-refractivity contribution is 0.247. The summed E-state index contributed by atoms with van der Waals surface area (Å²) < 4.78 is 0. The predicted octanol–water partition coefficient (Wildman–Crippen LogP) is 3.13. The Hall–Kier alpha value is -2.99. The van der Waals surface area contributed by atoms with E-state index in [0.29, 0.717) is 5.84 Å². The normalized spacial score (nSPS) is 19.4. The van der Waals surface area contributed by atoms with Crippen LogP contribution in [0.5, 0.6) is 0 Å². The van der Waals surface area contributed by atoms with Gasteiger partial charge in [-0.15, -0.1) is 0 Å². The lowest BCUT2D eigenvalue weighted by Gasteiger charge is -2.35. The number of hydrogen-bond acceptors (Lipinski definition) is 6. The molecule has 0 unspecified atom stereocenters. The summed E-state index contributed by atoms with van der Waals surface area (Å²) in [7, 11) is 0. The molecule has 1 aliphatic carbocycles. The maximum absolute atomic E-state index is 5.89. The Bertz CT molecular complexity index is 1130. The van der Waals surface area contributed by atoms with Crippen molar-refractivity contribution in [3.63, 3.8) is 0 Å². The summed E-state index contributed by atoms with van der Waals surface area (Å²) in [5, 5.41) is 0. The van der Waals surface area contributed by atoms with Crippen molar-refractivity contribution in [2.75, 3.05) is 31.1 Å². The smallest absolute Gasteiger partial charge is 0.147 e. The van der Waals surface area contributed by atoms with Gasteiger partial charge in [0.25, 0.3) is 0 Å². The van der Waals surface area contributed by atoms with Crippen LogP contribution in [0.15, 0.2) is 47.6 Å². The number of nitrogens with zero attached hydrogens (tertiary/aromatic N) is 5. The Balaban J connectivity index is 1.29. The number of rotatable bonds is 3. The molecule has 6 nitrogen and oxygen atoms in total. The quantitative estimate of drug-likeness (QED) is 0.751. The molecule has 29 heavy (non-hydrogen) atoms. The van der Waals surface area contributed by atoms with Crippen molar-refractivity contribution in [2.45, 2.75) is 25.3 Å². The van der Waals surface area contributed by atoms with E-state index in [-0.39, 0.29) is 0 Å². The molecule has 146 valence electrons. The highest BCUT2D eigenvalue weighted by Gasteiger charge is 2.31. The third-order valence-electron chi connectivity index (χ3n) is 6.29. The van der Waals surface area contributed by atoms with Gasteiger partial charge in [-0.25, -0.2) is 9.98 Å².